The summed E-state index contributed by atoms with van der Waals surface area (Å²) in [5.74, 6) is 0. The molecule has 2 saturated heterocycles. The van der Waals surface area contributed by atoms with E-state index in [1.54, 1.807) is 0 Å². The summed E-state index contributed by atoms with van der Waals surface area (Å²) in [6.07, 6.45) is 0. The molecule has 2 rings (SSSR count). The lowest BCUT2D eigenvalue weighted by Gasteiger charge is -2.09. The number of nitrogens with one attached hydrogen (secondary N) is 4. The number of hydrogen-bond acceptors (Lipinski definition) is 4. The Morgan fingerprint density at radius 2 is 1.70 bits per heavy atom. The molecule has 4 N–H and O–H groups in total. The zero-order valence-electron chi connectivity index (χ0n) is 5.69. The molecule has 0 radical (unpaired) electrons. The van der Waals surface area contributed by atoms with E-state index in [-0.39, 0.29) is 0 Å². The maximum atomic E-state index is 3.50. The third-order valence-electron chi connectivity index (χ3n) is 2.11. The molecule has 0 saturated carbocycles. The molecule has 0 aliphatic carbocycles. The minimum atomic E-state index is 0.329. The zero-order valence-corrected chi connectivity index (χ0v) is 7.27. The van der Waals surface area contributed by atoms with Crippen LogP contribution in [0, 0.1) is 0 Å². The first kappa shape index (κ1) is 7.00. The van der Waals surface area contributed by atoms with Gasteiger partial charge in [-0.1, -0.05) is 15.9 Å². The smallest absolute Gasteiger partial charge is 0.0945 e. The van der Waals surface area contributed by atoms with Gasteiger partial charge in [-0.05, 0) is 6.92 Å². The summed E-state index contributed by atoms with van der Waals surface area (Å²) >= 11 is 3.50. The molecule has 58 valence electrons. The molecule has 2 aliphatic heterocycles. The highest BCUT2D eigenvalue weighted by Crippen LogP contribution is 2.17. The highest BCUT2D eigenvalue weighted by molar-refractivity contribution is 9.09. The van der Waals surface area contributed by atoms with E-state index >= 15 is 0 Å². The summed E-state index contributed by atoms with van der Waals surface area (Å²) < 4.78 is 0. The molecule has 2 fully saturated rings. The molecule has 0 aromatic rings. The first-order chi connectivity index (χ1) is 4.79. The number of hydrogen-bond donors (Lipinski definition) is 4. The standard InChI is InChI=1S/C5H11BrN4/c1-2-3-4(9-7-2)5(6)10-8-3/h2-5,7-10H,1H3. The van der Waals surface area contributed by atoms with Gasteiger partial charge in [0.2, 0.25) is 0 Å². The van der Waals surface area contributed by atoms with Gasteiger partial charge in [0.1, 0.15) is 0 Å². The molecule has 10 heavy (non-hydrogen) atoms. The second-order valence-electron chi connectivity index (χ2n) is 2.82. The SMILES string of the molecule is CC1NNC2C(Br)NNC12. The van der Waals surface area contributed by atoms with E-state index in [0.29, 0.717) is 23.1 Å². The summed E-state index contributed by atoms with van der Waals surface area (Å²) in [4.78, 5) is 0.329. The van der Waals surface area contributed by atoms with Crippen molar-refractivity contribution in [2.45, 2.75) is 30.0 Å². The van der Waals surface area contributed by atoms with E-state index in [4.69, 9.17) is 0 Å². The van der Waals surface area contributed by atoms with Crippen LogP contribution in [0.25, 0.3) is 0 Å². The lowest BCUT2D eigenvalue weighted by atomic mass is 10.1. The Labute approximate surface area is 68.2 Å². The van der Waals surface area contributed by atoms with Crippen molar-refractivity contribution >= 4 is 15.9 Å². The molecule has 4 unspecified atom stereocenters. The van der Waals surface area contributed by atoms with E-state index < -0.39 is 0 Å². The second-order valence-corrected chi connectivity index (χ2v) is 3.81. The van der Waals surface area contributed by atoms with Gasteiger partial charge >= 0.3 is 0 Å². The maximum Gasteiger partial charge on any atom is 0.0945 e. The average Bonchev–Trinajstić information content (AvgIpc) is 2.41. The van der Waals surface area contributed by atoms with Crippen LogP contribution in [0.4, 0.5) is 0 Å². The van der Waals surface area contributed by atoms with Gasteiger partial charge in [-0.3, -0.25) is 16.3 Å². The van der Waals surface area contributed by atoms with Crippen molar-refractivity contribution in [2.75, 3.05) is 0 Å². The molecule has 0 spiro atoms. The van der Waals surface area contributed by atoms with Crippen LogP contribution in [0.1, 0.15) is 6.92 Å². The molecule has 5 heteroatoms. The fraction of sp³-hybridized carbons (Fsp3) is 1.00. The van der Waals surface area contributed by atoms with Gasteiger partial charge in [0, 0.05) is 6.04 Å². The number of rotatable bonds is 0. The van der Waals surface area contributed by atoms with E-state index in [0.717, 1.165) is 0 Å². The van der Waals surface area contributed by atoms with Crippen LogP contribution >= 0.6 is 15.9 Å². The molecule has 2 heterocycles. The van der Waals surface area contributed by atoms with Crippen molar-refractivity contribution < 1.29 is 0 Å². The Morgan fingerprint density at radius 3 is 2.40 bits per heavy atom. The zero-order chi connectivity index (χ0) is 7.14. The number of fused-ring (bicyclic) bond motifs is 1. The van der Waals surface area contributed by atoms with Crippen molar-refractivity contribution in [3.8, 4) is 0 Å². The minimum Gasteiger partial charge on any atom is -0.253 e. The number of hydrazine groups is 2. The van der Waals surface area contributed by atoms with Crippen LogP contribution in [0.5, 0.6) is 0 Å². The van der Waals surface area contributed by atoms with Crippen molar-refractivity contribution in [1.82, 2.24) is 21.7 Å². The Balaban J connectivity index is 2.09. The van der Waals surface area contributed by atoms with Crippen LogP contribution in [0.15, 0.2) is 0 Å². The Hall–Kier alpha value is 0.320. The molecule has 0 bridgehead atoms. The molecule has 0 amide bonds. The molecule has 4 nitrogen and oxygen atoms in total. The van der Waals surface area contributed by atoms with Gasteiger partial charge in [0.05, 0.1) is 17.0 Å². The van der Waals surface area contributed by atoms with Crippen molar-refractivity contribution in [3.63, 3.8) is 0 Å². The van der Waals surface area contributed by atoms with E-state index in [1.807, 2.05) is 0 Å². The Bertz CT molecular complexity index is 126. The fourth-order valence-corrected chi connectivity index (χ4v) is 2.05. The fourth-order valence-electron chi connectivity index (χ4n) is 1.45. The molecular formula is C5H11BrN4. The van der Waals surface area contributed by atoms with Crippen molar-refractivity contribution in [3.05, 3.63) is 0 Å². The monoisotopic (exact) mass is 206 g/mol. The van der Waals surface area contributed by atoms with Gasteiger partial charge in [-0.2, -0.15) is 0 Å². The summed E-state index contributed by atoms with van der Waals surface area (Å²) in [5, 5.41) is 0. The van der Waals surface area contributed by atoms with E-state index in [1.165, 1.54) is 0 Å². The topological polar surface area (TPSA) is 48.1 Å². The van der Waals surface area contributed by atoms with Gasteiger partial charge in [0.25, 0.3) is 0 Å². The summed E-state index contributed by atoms with van der Waals surface area (Å²) in [5.41, 5.74) is 12.7. The van der Waals surface area contributed by atoms with Gasteiger partial charge in [-0.15, -0.1) is 0 Å². The summed E-state index contributed by atoms with van der Waals surface area (Å²) in [7, 11) is 0. The van der Waals surface area contributed by atoms with Gasteiger partial charge in [-0.25, -0.2) is 5.43 Å². The molecule has 4 atom stereocenters. The van der Waals surface area contributed by atoms with Gasteiger partial charge in [0.15, 0.2) is 0 Å². The van der Waals surface area contributed by atoms with Crippen LogP contribution in [0.2, 0.25) is 0 Å². The minimum absolute atomic E-state index is 0.329. The summed E-state index contributed by atoms with van der Waals surface area (Å²) in [6, 6.07) is 1.43. The highest BCUT2D eigenvalue weighted by Gasteiger charge is 2.41. The summed E-state index contributed by atoms with van der Waals surface area (Å²) in [6.45, 7) is 2.15. The third-order valence-corrected chi connectivity index (χ3v) is 2.90. The largest absolute Gasteiger partial charge is 0.253 e. The normalized spacial score (nSPS) is 53.4. The first-order valence-electron chi connectivity index (χ1n) is 3.45. The Morgan fingerprint density at radius 1 is 1.00 bits per heavy atom. The average molecular weight is 207 g/mol. The second kappa shape index (κ2) is 2.42. The highest BCUT2D eigenvalue weighted by atomic mass is 79.9. The van der Waals surface area contributed by atoms with E-state index in [2.05, 4.69) is 44.6 Å². The number of alkyl halides is 1. The molecular weight excluding hydrogens is 196 g/mol. The first-order valence-corrected chi connectivity index (χ1v) is 4.37. The van der Waals surface area contributed by atoms with Crippen LogP contribution in [-0.2, 0) is 0 Å². The molecule has 0 aromatic carbocycles. The Kier molecular flexibility index (Phi) is 1.69. The molecule has 0 aromatic heterocycles. The third kappa shape index (κ3) is 0.895. The molecule has 2 aliphatic rings. The number of halogens is 1. The van der Waals surface area contributed by atoms with Crippen LogP contribution < -0.4 is 21.7 Å². The lowest BCUT2D eigenvalue weighted by molar-refractivity contribution is 0.470. The predicted octanol–water partition coefficient (Wildman–Crippen LogP) is -0.951. The predicted molar refractivity (Wildman–Crippen MR) is 42.3 cm³/mol. The van der Waals surface area contributed by atoms with E-state index in [9.17, 15) is 0 Å². The quantitative estimate of drug-likeness (QED) is 0.305. The van der Waals surface area contributed by atoms with Gasteiger partial charge < -0.3 is 0 Å². The van der Waals surface area contributed by atoms with Crippen molar-refractivity contribution in [2.24, 2.45) is 0 Å². The maximum absolute atomic E-state index is 3.50. The lowest BCUT2D eigenvalue weighted by Crippen LogP contribution is -2.42. The van der Waals surface area contributed by atoms with Crippen molar-refractivity contribution in [1.29, 1.82) is 0 Å². The van der Waals surface area contributed by atoms with Crippen LogP contribution in [-0.4, -0.2) is 23.1 Å². The van der Waals surface area contributed by atoms with Crippen LogP contribution in [0.3, 0.4) is 0 Å².